The van der Waals surface area contributed by atoms with Crippen LogP contribution in [0.15, 0.2) is 36.4 Å². The maximum absolute atomic E-state index is 12.2. The van der Waals surface area contributed by atoms with Crippen LogP contribution in [0.4, 0.5) is 0 Å². The summed E-state index contributed by atoms with van der Waals surface area (Å²) in [6.07, 6.45) is 4.88. The Morgan fingerprint density at radius 3 is 2.56 bits per heavy atom. The minimum absolute atomic E-state index is 0.0110. The van der Waals surface area contributed by atoms with Crippen LogP contribution in [0.5, 0.6) is 5.75 Å². The minimum Gasteiger partial charge on any atom is -0.484 e. The highest BCUT2D eigenvalue weighted by Crippen LogP contribution is 2.24. The highest BCUT2D eigenvalue weighted by atomic mass is 16.5. The molecule has 132 valence electrons. The lowest BCUT2D eigenvalue weighted by atomic mass is 9.89. The van der Waals surface area contributed by atoms with Crippen LogP contribution < -0.4 is 10.1 Å². The van der Waals surface area contributed by atoms with Crippen molar-refractivity contribution in [2.75, 3.05) is 6.61 Å². The highest BCUT2D eigenvalue weighted by molar-refractivity contribution is 5.78. The van der Waals surface area contributed by atoms with Gasteiger partial charge in [-0.1, -0.05) is 24.3 Å². The fourth-order valence-electron chi connectivity index (χ4n) is 3.34. The third-order valence-electron chi connectivity index (χ3n) is 5.10. The van der Waals surface area contributed by atoms with E-state index in [1.807, 2.05) is 32.0 Å². The number of hydrogen-bond acceptors (Lipinski definition) is 2. The molecule has 0 fully saturated rings. The van der Waals surface area contributed by atoms with Gasteiger partial charge in [0.25, 0.3) is 5.91 Å². The van der Waals surface area contributed by atoms with Gasteiger partial charge >= 0.3 is 0 Å². The van der Waals surface area contributed by atoms with Gasteiger partial charge < -0.3 is 10.1 Å². The van der Waals surface area contributed by atoms with Gasteiger partial charge in [0.15, 0.2) is 6.61 Å². The van der Waals surface area contributed by atoms with E-state index in [2.05, 4.69) is 30.4 Å². The van der Waals surface area contributed by atoms with Crippen LogP contribution in [0.25, 0.3) is 0 Å². The molecule has 0 spiro atoms. The summed E-state index contributed by atoms with van der Waals surface area (Å²) >= 11 is 0. The molecule has 25 heavy (non-hydrogen) atoms. The number of nitrogens with one attached hydrogen (secondary N) is 1. The Bertz CT molecular complexity index is 767. The van der Waals surface area contributed by atoms with Crippen molar-refractivity contribution in [2.45, 2.75) is 52.5 Å². The third kappa shape index (κ3) is 4.41. The van der Waals surface area contributed by atoms with Crippen molar-refractivity contribution in [3.8, 4) is 5.75 Å². The first-order chi connectivity index (χ1) is 12.0. The van der Waals surface area contributed by atoms with E-state index in [1.165, 1.54) is 47.1 Å². The number of carbonyl (C=O) groups is 1. The fraction of sp³-hybridized carbons (Fsp3) is 0.409. The van der Waals surface area contributed by atoms with Crippen LogP contribution in [0.2, 0.25) is 0 Å². The summed E-state index contributed by atoms with van der Waals surface area (Å²) in [5, 5.41) is 3.04. The minimum atomic E-state index is -0.0940. The van der Waals surface area contributed by atoms with Crippen LogP contribution in [0.1, 0.15) is 53.6 Å². The molecule has 3 rings (SSSR count). The van der Waals surface area contributed by atoms with Crippen molar-refractivity contribution in [1.29, 1.82) is 0 Å². The number of rotatable bonds is 5. The van der Waals surface area contributed by atoms with Crippen molar-refractivity contribution in [1.82, 2.24) is 5.32 Å². The van der Waals surface area contributed by atoms with E-state index in [0.29, 0.717) is 0 Å². The summed E-state index contributed by atoms with van der Waals surface area (Å²) in [6, 6.07) is 12.5. The fourth-order valence-corrected chi connectivity index (χ4v) is 3.34. The lowest BCUT2D eigenvalue weighted by Gasteiger charge is -2.20. The van der Waals surface area contributed by atoms with E-state index < -0.39 is 0 Å². The first-order valence-corrected chi connectivity index (χ1v) is 9.14. The molecule has 1 amide bonds. The topological polar surface area (TPSA) is 38.3 Å². The lowest BCUT2D eigenvalue weighted by molar-refractivity contribution is -0.123. The second-order valence-electron chi connectivity index (χ2n) is 7.06. The summed E-state index contributed by atoms with van der Waals surface area (Å²) in [7, 11) is 0. The zero-order valence-electron chi connectivity index (χ0n) is 15.4. The summed E-state index contributed by atoms with van der Waals surface area (Å²) in [5.41, 5.74) is 6.46. The van der Waals surface area contributed by atoms with Gasteiger partial charge in [0.2, 0.25) is 0 Å². The van der Waals surface area contributed by atoms with E-state index in [1.54, 1.807) is 0 Å². The zero-order valence-corrected chi connectivity index (χ0v) is 15.4. The lowest BCUT2D eigenvalue weighted by Crippen LogP contribution is -2.31. The standard InChI is InChI=1S/C22H27NO2/c1-15-8-11-21(12-16(15)2)25-14-22(24)23-17(3)19-10-9-18-6-4-5-7-20(18)13-19/h8-13,17H,4-7,14H2,1-3H3,(H,23,24). The summed E-state index contributed by atoms with van der Waals surface area (Å²) in [5.74, 6) is 0.642. The quantitative estimate of drug-likeness (QED) is 0.876. The number of amides is 1. The number of benzene rings is 2. The summed E-state index contributed by atoms with van der Waals surface area (Å²) in [4.78, 5) is 12.2. The number of fused-ring (bicyclic) bond motifs is 1. The third-order valence-corrected chi connectivity index (χ3v) is 5.10. The van der Waals surface area contributed by atoms with Crippen LogP contribution in [-0.4, -0.2) is 12.5 Å². The van der Waals surface area contributed by atoms with E-state index >= 15 is 0 Å². The molecule has 1 unspecified atom stereocenters. The van der Waals surface area contributed by atoms with Crippen molar-refractivity contribution in [3.63, 3.8) is 0 Å². The molecule has 3 nitrogen and oxygen atoms in total. The van der Waals surface area contributed by atoms with Gasteiger partial charge in [0.1, 0.15) is 5.75 Å². The first-order valence-electron chi connectivity index (χ1n) is 9.14. The van der Waals surface area contributed by atoms with Crippen molar-refractivity contribution in [3.05, 3.63) is 64.2 Å². The summed E-state index contributed by atoms with van der Waals surface area (Å²) in [6.45, 7) is 6.17. The molecule has 1 N–H and O–H groups in total. The summed E-state index contributed by atoms with van der Waals surface area (Å²) < 4.78 is 5.62. The van der Waals surface area contributed by atoms with Crippen LogP contribution in [0.3, 0.4) is 0 Å². The van der Waals surface area contributed by atoms with Gasteiger partial charge in [-0.2, -0.15) is 0 Å². The number of carbonyl (C=O) groups excluding carboxylic acids is 1. The molecular weight excluding hydrogens is 310 g/mol. The molecule has 2 aromatic carbocycles. The molecule has 0 bridgehead atoms. The molecule has 3 heteroatoms. The average molecular weight is 337 g/mol. The molecule has 2 aromatic rings. The Morgan fingerprint density at radius 2 is 1.80 bits per heavy atom. The monoisotopic (exact) mass is 337 g/mol. The van der Waals surface area contributed by atoms with Gasteiger partial charge in [0, 0.05) is 0 Å². The maximum Gasteiger partial charge on any atom is 0.258 e. The van der Waals surface area contributed by atoms with E-state index in [4.69, 9.17) is 4.74 Å². The van der Waals surface area contributed by atoms with Gasteiger partial charge in [-0.15, -0.1) is 0 Å². The predicted octanol–water partition coefficient (Wildman–Crippen LogP) is 4.44. The molecule has 0 aliphatic heterocycles. The van der Waals surface area contributed by atoms with Gasteiger partial charge in [-0.3, -0.25) is 4.79 Å². The Hall–Kier alpha value is -2.29. The number of aryl methyl sites for hydroxylation is 4. The molecule has 1 aliphatic carbocycles. The number of hydrogen-bond donors (Lipinski definition) is 1. The van der Waals surface area contributed by atoms with Gasteiger partial charge in [-0.05, 0) is 86.4 Å². The maximum atomic E-state index is 12.2. The Balaban J connectivity index is 1.56. The Labute approximate surface area is 150 Å². The van der Waals surface area contributed by atoms with Crippen LogP contribution >= 0.6 is 0 Å². The molecular formula is C22H27NO2. The molecule has 0 saturated carbocycles. The van der Waals surface area contributed by atoms with Gasteiger partial charge in [0.05, 0.1) is 6.04 Å². The smallest absolute Gasteiger partial charge is 0.258 e. The van der Waals surface area contributed by atoms with Crippen LogP contribution in [0, 0.1) is 13.8 Å². The second-order valence-corrected chi connectivity index (χ2v) is 7.06. The van der Waals surface area contributed by atoms with Crippen molar-refractivity contribution < 1.29 is 9.53 Å². The molecule has 1 atom stereocenters. The van der Waals surface area contributed by atoms with E-state index in [0.717, 1.165) is 12.2 Å². The second kappa shape index (κ2) is 7.73. The number of ether oxygens (including phenoxy) is 1. The predicted molar refractivity (Wildman–Crippen MR) is 101 cm³/mol. The molecule has 1 aliphatic rings. The largest absolute Gasteiger partial charge is 0.484 e. The normalized spacial score (nSPS) is 14.5. The molecule has 0 radical (unpaired) electrons. The van der Waals surface area contributed by atoms with Crippen molar-refractivity contribution >= 4 is 5.91 Å². The first kappa shape index (κ1) is 17.5. The Kier molecular flexibility index (Phi) is 5.42. The molecule has 0 saturated heterocycles. The van der Waals surface area contributed by atoms with Crippen LogP contribution in [-0.2, 0) is 17.6 Å². The SMILES string of the molecule is Cc1ccc(OCC(=O)NC(C)c2ccc3c(c2)CCCC3)cc1C. The molecule has 0 heterocycles. The zero-order chi connectivity index (χ0) is 17.8. The van der Waals surface area contributed by atoms with E-state index in [-0.39, 0.29) is 18.6 Å². The van der Waals surface area contributed by atoms with Crippen molar-refractivity contribution in [2.24, 2.45) is 0 Å². The highest BCUT2D eigenvalue weighted by Gasteiger charge is 2.14. The van der Waals surface area contributed by atoms with Gasteiger partial charge in [-0.25, -0.2) is 0 Å². The Morgan fingerprint density at radius 1 is 1.04 bits per heavy atom. The average Bonchev–Trinajstić information content (AvgIpc) is 2.62. The molecule has 0 aromatic heterocycles. The van der Waals surface area contributed by atoms with E-state index in [9.17, 15) is 4.79 Å².